The normalized spacial score (nSPS) is 19.2. The minimum absolute atomic E-state index is 0.0233. The summed E-state index contributed by atoms with van der Waals surface area (Å²) < 4.78 is 1.77. The molecule has 0 saturated heterocycles. The Hall–Kier alpha value is -2.35. The van der Waals surface area contributed by atoms with Crippen molar-refractivity contribution in [3.8, 4) is 0 Å². The van der Waals surface area contributed by atoms with E-state index in [1.807, 2.05) is 37.4 Å². The van der Waals surface area contributed by atoms with Gasteiger partial charge in [0.15, 0.2) is 5.16 Å². The second-order valence-electron chi connectivity index (χ2n) is 7.27. The molecule has 2 aromatic rings. The fourth-order valence-electron chi connectivity index (χ4n) is 3.40. The molecule has 7 nitrogen and oxygen atoms in total. The van der Waals surface area contributed by atoms with E-state index in [-0.39, 0.29) is 24.3 Å². The molecule has 1 aromatic carbocycles. The average Bonchev–Trinajstić information content (AvgIpc) is 3.02. The van der Waals surface area contributed by atoms with Crippen LogP contribution in [0.4, 0.5) is 5.69 Å². The number of hydrogen-bond donors (Lipinski definition) is 2. The van der Waals surface area contributed by atoms with Gasteiger partial charge in [-0.05, 0) is 30.9 Å². The zero-order valence-corrected chi connectivity index (χ0v) is 17.2. The Morgan fingerprint density at radius 2 is 1.89 bits per heavy atom. The van der Waals surface area contributed by atoms with Crippen LogP contribution in [0.2, 0.25) is 0 Å². The van der Waals surface area contributed by atoms with Gasteiger partial charge >= 0.3 is 0 Å². The van der Waals surface area contributed by atoms with Crippen LogP contribution in [0.15, 0.2) is 35.5 Å². The molecule has 1 aromatic heterocycles. The molecular weight excluding hydrogens is 374 g/mol. The number of amides is 2. The van der Waals surface area contributed by atoms with Gasteiger partial charge in [-0.3, -0.25) is 9.59 Å². The van der Waals surface area contributed by atoms with Gasteiger partial charge in [0.1, 0.15) is 5.82 Å². The molecule has 150 valence electrons. The summed E-state index contributed by atoms with van der Waals surface area (Å²) in [6.07, 6.45) is 4.80. The summed E-state index contributed by atoms with van der Waals surface area (Å²) in [5.41, 5.74) is 0.748. The Labute approximate surface area is 169 Å². The highest BCUT2D eigenvalue weighted by Gasteiger charge is 2.23. The minimum atomic E-state index is -0.151. The highest BCUT2D eigenvalue weighted by Crippen LogP contribution is 2.24. The van der Waals surface area contributed by atoms with E-state index in [4.69, 9.17) is 0 Å². The Morgan fingerprint density at radius 1 is 1.14 bits per heavy atom. The van der Waals surface area contributed by atoms with Crippen LogP contribution in [0, 0.1) is 5.92 Å². The lowest BCUT2D eigenvalue weighted by molar-refractivity contribution is -0.120. The molecule has 0 spiro atoms. The number of nitrogens with zero attached hydrogens (tertiary/aromatic N) is 3. The van der Waals surface area contributed by atoms with E-state index >= 15 is 0 Å². The van der Waals surface area contributed by atoms with Crippen LogP contribution >= 0.6 is 11.8 Å². The maximum absolute atomic E-state index is 12.3. The number of para-hydroxylation sites is 1. The predicted molar refractivity (Wildman–Crippen MR) is 110 cm³/mol. The van der Waals surface area contributed by atoms with Crippen molar-refractivity contribution in [1.82, 2.24) is 20.1 Å². The van der Waals surface area contributed by atoms with E-state index in [1.54, 1.807) is 4.57 Å². The minimum Gasteiger partial charge on any atom is -0.352 e. The molecule has 2 amide bonds. The lowest BCUT2D eigenvalue weighted by Crippen LogP contribution is -2.41. The molecule has 0 bridgehead atoms. The van der Waals surface area contributed by atoms with Gasteiger partial charge in [-0.15, -0.1) is 10.2 Å². The van der Waals surface area contributed by atoms with Gasteiger partial charge in [0, 0.05) is 18.8 Å². The summed E-state index contributed by atoms with van der Waals surface area (Å²) in [7, 11) is 1.81. The third-order valence-corrected chi connectivity index (χ3v) is 6.11. The van der Waals surface area contributed by atoms with Crippen LogP contribution in [-0.4, -0.2) is 38.4 Å². The summed E-state index contributed by atoms with van der Waals surface area (Å²) in [4.78, 5) is 24.5. The molecule has 1 heterocycles. The van der Waals surface area contributed by atoms with Gasteiger partial charge in [-0.2, -0.15) is 0 Å². The topological polar surface area (TPSA) is 88.9 Å². The van der Waals surface area contributed by atoms with Crippen LogP contribution in [0.1, 0.15) is 38.4 Å². The molecule has 2 atom stereocenters. The molecule has 2 N–H and O–H groups in total. The van der Waals surface area contributed by atoms with E-state index in [1.165, 1.54) is 31.0 Å². The quantitative estimate of drug-likeness (QED) is 0.697. The zero-order valence-electron chi connectivity index (χ0n) is 16.4. The van der Waals surface area contributed by atoms with Crippen molar-refractivity contribution in [2.75, 3.05) is 11.1 Å². The van der Waals surface area contributed by atoms with Gasteiger partial charge in [-0.1, -0.05) is 49.7 Å². The van der Waals surface area contributed by atoms with E-state index in [9.17, 15) is 9.59 Å². The van der Waals surface area contributed by atoms with Crippen LogP contribution in [0.5, 0.6) is 0 Å². The van der Waals surface area contributed by atoms with Crippen LogP contribution in [0.25, 0.3) is 0 Å². The second kappa shape index (κ2) is 9.73. The first-order valence-corrected chi connectivity index (χ1v) is 10.7. The highest BCUT2D eigenvalue weighted by molar-refractivity contribution is 7.99. The third-order valence-electron chi connectivity index (χ3n) is 5.09. The van der Waals surface area contributed by atoms with Gasteiger partial charge in [0.25, 0.3) is 0 Å². The number of anilines is 1. The van der Waals surface area contributed by atoms with Crippen LogP contribution < -0.4 is 10.6 Å². The number of carbonyl (C=O) groups is 2. The highest BCUT2D eigenvalue weighted by atomic mass is 32.2. The van der Waals surface area contributed by atoms with Gasteiger partial charge < -0.3 is 15.2 Å². The van der Waals surface area contributed by atoms with Crippen molar-refractivity contribution in [3.63, 3.8) is 0 Å². The van der Waals surface area contributed by atoms with Crippen molar-refractivity contribution in [1.29, 1.82) is 0 Å². The smallest absolute Gasteiger partial charge is 0.232 e. The van der Waals surface area contributed by atoms with Crippen molar-refractivity contribution < 1.29 is 9.59 Å². The first-order chi connectivity index (χ1) is 13.5. The summed E-state index contributed by atoms with van der Waals surface area (Å²) in [5.74, 6) is 1.27. The molecular formula is C20H27N5O2S. The molecule has 0 unspecified atom stereocenters. The van der Waals surface area contributed by atoms with Gasteiger partial charge in [0.05, 0.1) is 12.2 Å². The summed E-state index contributed by atoms with van der Waals surface area (Å²) >= 11 is 1.34. The first kappa shape index (κ1) is 20.4. The maximum atomic E-state index is 12.3. The van der Waals surface area contributed by atoms with Crippen molar-refractivity contribution in [2.24, 2.45) is 13.0 Å². The molecule has 28 heavy (non-hydrogen) atoms. The number of rotatable bonds is 7. The lowest BCUT2D eigenvalue weighted by Gasteiger charge is -2.29. The number of benzene rings is 1. The molecule has 3 rings (SSSR count). The number of aromatic nitrogens is 3. The average molecular weight is 402 g/mol. The second-order valence-corrected chi connectivity index (χ2v) is 8.22. The molecule has 0 aliphatic heterocycles. The largest absolute Gasteiger partial charge is 0.352 e. The van der Waals surface area contributed by atoms with Crippen molar-refractivity contribution >= 4 is 29.3 Å². The van der Waals surface area contributed by atoms with Gasteiger partial charge in [0.2, 0.25) is 11.8 Å². The lowest BCUT2D eigenvalue weighted by atomic mass is 9.86. The summed E-state index contributed by atoms with van der Waals surface area (Å²) in [6.45, 7) is 2.20. The molecule has 1 aliphatic carbocycles. The van der Waals surface area contributed by atoms with Crippen LogP contribution in [-0.2, 0) is 23.1 Å². The van der Waals surface area contributed by atoms with E-state index in [2.05, 4.69) is 27.8 Å². The fourth-order valence-corrected chi connectivity index (χ4v) is 4.15. The molecule has 0 radical (unpaired) electrons. The maximum Gasteiger partial charge on any atom is 0.232 e. The van der Waals surface area contributed by atoms with Gasteiger partial charge in [-0.25, -0.2) is 0 Å². The van der Waals surface area contributed by atoms with E-state index < -0.39 is 0 Å². The van der Waals surface area contributed by atoms with E-state index in [0.29, 0.717) is 22.7 Å². The number of carbonyl (C=O) groups excluding carboxylic acids is 2. The molecule has 1 aliphatic rings. The Bertz CT molecular complexity index is 808. The number of hydrogen-bond acceptors (Lipinski definition) is 5. The Balaban J connectivity index is 1.48. The predicted octanol–water partition coefficient (Wildman–Crippen LogP) is 2.78. The molecule has 8 heteroatoms. The summed E-state index contributed by atoms with van der Waals surface area (Å²) in [5, 5.41) is 14.8. The van der Waals surface area contributed by atoms with Crippen molar-refractivity contribution in [2.45, 2.75) is 50.2 Å². The van der Waals surface area contributed by atoms with E-state index in [0.717, 1.165) is 12.1 Å². The standard InChI is InChI=1S/C20H27N5O2S/c1-14-8-6-7-11-16(14)22-19(27)13-28-20-24-23-17(25(20)2)12-18(26)21-15-9-4-3-5-10-15/h3-5,9-10,14,16H,6-8,11-13H2,1-2H3,(H,21,26)(H,22,27)/t14-,16+/m1/s1. The third kappa shape index (κ3) is 5.58. The first-order valence-electron chi connectivity index (χ1n) is 9.68. The Kier molecular flexibility index (Phi) is 7.08. The Morgan fingerprint density at radius 3 is 2.64 bits per heavy atom. The number of nitrogens with one attached hydrogen (secondary N) is 2. The molecule has 1 fully saturated rings. The summed E-state index contributed by atoms with van der Waals surface area (Å²) in [6, 6.07) is 9.58. The fraction of sp³-hybridized carbons (Fsp3) is 0.500. The SMILES string of the molecule is C[C@@H]1CCCC[C@@H]1NC(=O)CSc1nnc(CC(=O)Nc2ccccc2)n1C. The number of thioether (sulfide) groups is 1. The monoisotopic (exact) mass is 401 g/mol. The zero-order chi connectivity index (χ0) is 19.9. The van der Waals surface area contributed by atoms with Crippen molar-refractivity contribution in [3.05, 3.63) is 36.2 Å². The van der Waals surface area contributed by atoms with Crippen LogP contribution in [0.3, 0.4) is 0 Å². The molecule has 1 saturated carbocycles.